The molecule has 33 heavy (non-hydrogen) atoms. The second-order valence-corrected chi connectivity index (χ2v) is 12.4. The Morgan fingerprint density at radius 3 is 2.52 bits per heavy atom. The summed E-state index contributed by atoms with van der Waals surface area (Å²) in [6.45, 7) is 1.23. The van der Waals surface area contributed by atoms with E-state index in [9.17, 15) is 18.0 Å². The molecule has 7 nitrogen and oxygen atoms in total. The van der Waals surface area contributed by atoms with Gasteiger partial charge in [-0.3, -0.25) is 10.1 Å². The number of hydrogen-bond donors (Lipinski definition) is 1. The highest BCUT2D eigenvalue weighted by Gasteiger charge is 2.30. The molecule has 0 radical (unpaired) electrons. The van der Waals surface area contributed by atoms with E-state index < -0.39 is 9.84 Å². The van der Waals surface area contributed by atoms with Crippen LogP contribution in [0.5, 0.6) is 5.75 Å². The summed E-state index contributed by atoms with van der Waals surface area (Å²) >= 11 is 6.33. The number of amides is 3. The number of halogens is 1. The number of benzene rings is 1. The van der Waals surface area contributed by atoms with Crippen molar-refractivity contribution in [1.29, 1.82) is 0 Å². The molecule has 182 valence electrons. The molecule has 3 amide bonds. The van der Waals surface area contributed by atoms with E-state index in [-0.39, 0.29) is 35.9 Å². The maximum atomic E-state index is 12.9. The number of sulfone groups is 1. The number of ether oxygens (including phenoxy) is 1. The predicted octanol–water partition coefficient (Wildman–Crippen LogP) is 4.15. The molecule has 1 N–H and O–H groups in total. The highest BCUT2D eigenvalue weighted by Crippen LogP contribution is 2.41. The fourth-order valence-electron chi connectivity index (χ4n) is 4.29. The van der Waals surface area contributed by atoms with Crippen LogP contribution in [-0.4, -0.2) is 56.5 Å². The van der Waals surface area contributed by atoms with Crippen molar-refractivity contribution in [3.05, 3.63) is 28.8 Å². The van der Waals surface area contributed by atoms with E-state index in [4.69, 9.17) is 16.3 Å². The average molecular weight is 497 g/mol. The minimum absolute atomic E-state index is 0.0534. The van der Waals surface area contributed by atoms with Crippen LogP contribution in [0.1, 0.15) is 62.8 Å². The molecule has 1 aromatic carbocycles. The molecule has 9 heteroatoms. The third-order valence-corrected chi connectivity index (χ3v) is 8.75. The first kappa shape index (κ1) is 24.3. The quantitative estimate of drug-likeness (QED) is 0.308. The van der Waals surface area contributed by atoms with Crippen LogP contribution < -0.4 is 10.1 Å². The fraction of sp³-hybridized carbons (Fsp3) is 0.667. The summed E-state index contributed by atoms with van der Waals surface area (Å²) in [5, 5.41) is 2.82. The van der Waals surface area contributed by atoms with Gasteiger partial charge in [0.2, 0.25) is 5.91 Å². The van der Waals surface area contributed by atoms with Gasteiger partial charge in [-0.15, -0.1) is 0 Å². The molecule has 1 aliphatic heterocycles. The minimum Gasteiger partial charge on any atom is -0.492 e. The second-order valence-electron chi connectivity index (χ2n) is 9.77. The number of carbonyl (C=O) groups excluding carboxylic acids is 2. The van der Waals surface area contributed by atoms with Gasteiger partial charge in [0.1, 0.15) is 12.3 Å². The first-order chi connectivity index (χ1) is 15.8. The molecule has 0 bridgehead atoms. The van der Waals surface area contributed by atoms with Crippen molar-refractivity contribution in [3.63, 3.8) is 0 Å². The molecule has 1 aromatic rings. The molecular weight excluding hydrogens is 464 g/mol. The van der Waals surface area contributed by atoms with Crippen LogP contribution >= 0.6 is 11.6 Å². The van der Waals surface area contributed by atoms with E-state index in [0.29, 0.717) is 55.0 Å². The van der Waals surface area contributed by atoms with Gasteiger partial charge in [-0.1, -0.05) is 36.9 Å². The number of carbonyl (C=O) groups is 2. The summed E-state index contributed by atoms with van der Waals surface area (Å²) in [6, 6.07) is 5.34. The third-order valence-electron chi connectivity index (χ3n) is 6.62. The topological polar surface area (TPSA) is 92.8 Å². The van der Waals surface area contributed by atoms with Crippen molar-refractivity contribution in [2.75, 3.05) is 31.2 Å². The molecule has 1 heterocycles. The third kappa shape index (κ3) is 7.60. The van der Waals surface area contributed by atoms with Crippen LogP contribution in [0.2, 0.25) is 5.02 Å². The Balaban J connectivity index is 1.29. The molecule has 0 unspecified atom stereocenters. The summed E-state index contributed by atoms with van der Waals surface area (Å²) < 4.78 is 31.8. The number of imide groups is 1. The Hall–Kier alpha value is -1.80. The van der Waals surface area contributed by atoms with Crippen molar-refractivity contribution >= 4 is 33.4 Å². The van der Waals surface area contributed by atoms with Crippen LogP contribution in [0.4, 0.5) is 4.79 Å². The zero-order valence-corrected chi connectivity index (χ0v) is 20.5. The number of rotatable bonds is 14. The number of urea groups is 1. The highest BCUT2D eigenvalue weighted by molar-refractivity contribution is 7.91. The van der Waals surface area contributed by atoms with Crippen LogP contribution in [-0.2, 0) is 14.6 Å². The Kier molecular flexibility index (Phi) is 7.84. The molecule has 0 spiro atoms. The standard InChI is InChI=1S/C24H33ClN2O5S/c25-21-9-8-19(13-22(21)32-15-18-6-7-18)20(12-17-4-5-17)16-33(30,31)11-3-1-2-10-27-14-23(28)26-24(27)29/h8-9,13,17-18,20H,1-7,10-12,14-16H2,(H,26,28,29)/t20-/m0/s1. The second kappa shape index (κ2) is 10.6. The van der Waals surface area contributed by atoms with Gasteiger partial charge in [-0.05, 0) is 67.6 Å². The minimum atomic E-state index is -3.23. The molecule has 0 aromatic heterocycles. The molecule has 3 fully saturated rings. The van der Waals surface area contributed by atoms with Gasteiger partial charge in [-0.25, -0.2) is 13.2 Å². The van der Waals surface area contributed by atoms with Gasteiger partial charge in [0, 0.05) is 6.54 Å². The SMILES string of the molecule is O=C1CN(CCCCCS(=O)(=O)C[C@H](CC2CC2)c2ccc(Cl)c(OCC3CC3)c2)C(=O)N1. The summed E-state index contributed by atoms with van der Waals surface area (Å²) in [6.07, 6.45) is 7.54. The predicted molar refractivity (Wildman–Crippen MR) is 127 cm³/mol. The molecule has 2 aliphatic carbocycles. The lowest BCUT2D eigenvalue weighted by Crippen LogP contribution is -2.29. The Labute approximate surface area is 201 Å². The summed E-state index contributed by atoms with van der Waals surface area (Å²) in [7, 11) is -3.23. The molecule has 1 atom stereocenters. The van der Waals surface area contributed by atoms with Crippen LogP contribution in [0.25, 0.3) is 0 Å². The Morgan fingerprint density at radius 1 is 1.09 bits per heavy atom. The first-order valence-corrected chi connectivity index (χ1v) is 14.2. The highest BCUT2D eigenvalue weighted by atomic mass is 35.5. The number of nitrogens with zero attached hydrogens (tertiary/aromatic N) is 1. The summed E-state index contributed by atoms with van der Waals surface area (Å²) in [5.41, 5.74) is 0.991. The lowest BCUT2D eigenvalue weighted by Gasteiger charge is -2.19. The summed E-state index contributed by atoms with van der Waals surface area (Å²) in [5.74, 6) is 1.81. The summed E-state index contributed by atoms with van der Waals surface area (Å²) in [4.78, 5) is 24.2. The lowest BCUT2D eigenvalue weighted by atomic mass is 9.95. The van der Waals surface area contributed by atoms with Crippen LogP contribution in [0.15, 0.2) is 18.2 Å². The van der Waals surface area contributed by atoms with E-state index in [1.165, 1.54) is 30.6 Å². The zero-order valence-electron chi connectivity index (χ0n) is 18.9. The van der Waals surface area contributed by atoms with Crippen LogP contribution in [0, 0.1) is 11.8 Å². The first-order valence-electron chi connectivity index (χ1n) is 12.0. The van der Waals surface area contributed by atoms with Crippen molar-refractivity contribution < 1.29 is 22.7 Å². The monoisotopic (exact) mass is 496 g/mol. The van der Waals surface area contributed by atoms with E-state index >= 15 is 0 Å². The van der Waals surface area contributed by atoms with E-state index in [2.05, 4.69) is 5.32 Å². The molecule has 2 saturated carbocycles. The largest absolute Gasteiger partial charge is 0.492 e. The van der Waals surface area contributed by atoms with Crippen LogP contribution in [0.3, 0.4) is 0 Å². The van der Waals surface area contributed by atoms with Gasteiger partial charge < -0.3 is 9.64 Å². The lowest BCUT2D eigenvalue weighted by molar-refractivity contribution is -0.118. The van der Waals surface area contributed by atoms with E-state index in [0.717, 1.165) is 12.0 Å². The Bertz CT molecular complexity index is 975. The van der Waals surface area contributed by atoms with Crippen molar-refractivity contribution in [2.45, 2.75) is 57.3 Å². The van der Waals surface area contributed by atoms with Gasteiger partial charge in [-0.2, -0.15) is 0 Å². The van der Waals surface area contributed by atoms with E-state index in [1.54, 1.807) is 0 Å². The van der Waals surface area contributed by atoms with Gasteiger partial charge >= 0.3 is 6.03 Å². The average Bonchev–Trinajstić information content (AvgIpc) is 3.67. The maximum absolute atomic E-state index is 12.9. The fourth-order valence-corrected chi connectivity index (χ4v) is 6.21. The zero-order chi connectivity index (χ0) is 23.4. The van der Waals surface area contributed by atoms with Crippen molar-refractivity contribution in [1.82, 2.24) is 10.2 Å². The molecule has 1 saturated heterocycles. The van der Waals surface area contributed by atoms with Crippen molar-refractivity contribution in [2.24, 2.45) is 11.8 Å². The molecular formula is C24H33ClN2O5S. The number of unbranched alkanes of at least 4 members (excludes halogenated alkanes) is 2. The van der Waals surface area contributed by atoms with Gasteiger partial charge in [0.15, 0.2) is 9.84 Å². The number of nitrogens with one attached hydrogen (secondary N) is 1. The smallest absolute Gasteiger partial charge is 0.324 e. The Morgan fingerprint density at radius 2 is 1.85 bits per heavy atom. The molecule has 4 rings (SSSR count). The van der Waals surface area contributed by atoms with Crippen molar-refractivity contribution in [3.8, 4) is 5.75 Å². The molecule has 3 aliphatic rings. The van der Waals surface area contributed by atoms with E-state index in [1.807, 2.05) is 18.2 Å². The maximum Gasteiger partial charge on any atom is 0.324 e. The van der Waals surface area contributed by atoms with Gasteiger partial charge in [0.25, 0.3) is 0 Å². The normalized spacial score (nSPS) is 19.6. The van der Waals surface area contributed by atoms with Gasteiger partial charge in [0.05, 0.1) is 23.1 Å². The number of hydrogen-bond acceptors (Lipinski definition) is 5.